The Kier molecular flexibility index (Phi) is 3.12. The van der Waals surface area contributed by atoms with Gasteiger partial charge in [0, 0.05) is 12.1 Å². The summed E-state index contributed by atoms with van der Waals surface area (Å²) < 4.78 is 0. The van der Waals surface area contributed by atoms with Crippen LogP contribution in [0.3, 0.4) is 0 Å². The molecule has 0 saturated heterocycles. The Labute approximate surface area is 98.1 Å². The third-order valence-electron chi connectivity index (χ3n) is 3.03. The molecule has 0 spiro atoms. The largest absolute Gasteiger partial charge is 0.481 e. The molecule has 92 valence electrons. The van der Waals surface area contributed by atoms with Crippen molar-refractivity contribution in [2.45, 2.75) is 32.2 Å². The van der Waals surface area contributed by atoms with E-state index in [1.165, 1.54) is 6.07 Å². The highest BCUT2D eigenvalue weighted by atomic mass is 16.4. The molecule has 0 amide bonds. The van der Waals surface area contributed by atoms with Crippen LogP contribution in [0.15, 0.2) is 10.9 Å². The van der Waals surface area contributed by atoms with Crippen molar-refractivity contribution in [3.05, 3.63) is 22.2 Å². The standard InChI is InChI=1S/C11H15N3O3/c1-6-12-9(5-10(15)13-6)14-8-4-2-3-7(8)11(16)17/h5,7-8H,2-4H2,1H3,(H,16,17)(H2,12,13,14,15). The predicted molar refractivity (Wildman–Crippen MR) is 62.0 cm³/mol. The second-order valence-corrected chi connectivity index (χ2v) is 4.34. The van der Waals surface area contributed by atoms with Crippen LogP contribution in [-0.2, 0) is 4.79 Å². The van der Waals surface area contributed by atoms with Crippen molar-refractivity contribution in [2.75, 3.05) is 5.32 Å². The number of rotatable bonds is 3. The smallest absolute Gasteiger partial charge is 0.308 e. The summed E-state index contributed by atoms with van der Waals surface area (Å²) in [5, 5.41) is 12.1. The Morgan fingerprint density at radius 2 is 2.35 bits per heavy atom. The monoisotopic (exact) mass is 237 g/mol. The first kappa shape index (κ1) is 11.6. The molecule has 0 aliphatic heterocycles. The second kappa shape index (κ2) is 4.57. The minimum atomic E-state index is -0.790. The van der Waals surface area contributed by atoms with Gasteiger partial charge in [0.25, 0.3) is 5.56 Å². The Morgan fingerprint density at radius 3 is 3.00 bits per heavy atom. The lowest BCUT2D eigenvalue weighted by molar-refractivity contribution is -0.141. The Morgan fingerprint density at radius 1 is 1.59 bits per heavy atom. The molecule has 2 unspecified atom stereocenters. The normalized spacial score (nSPS) is 23.6. The number of aliphatic carboxylic acids is 1. The molecule has 0 aromatic carbocycles. The molecule has 2 atom stereocenters. The number of carboxylic acids is 1. The molecule has 17 heavy (non-hydrogen) atoms. The summed E-state index contributed by atoms with van der Waals surface area (Å²) in [6, 6.07) is 1.21. The van der Waals surface area contributed by atoms with Crippen molar-refractivity contribution in [1.29, 1.82) is 0 Å². The third kappa shape index (κ3) is 2.64. The van der Waals surface area contributed by atoms with E-state index >= 15 is 0 Å². The molecular weight excluding hydrogens is 222 g/mol. The topological polar surface area (TPSA) is 95.1 Å². The van der Waals surface area contributed by atoms with E-state index < -0.39 is 11.9 Å². The molecule has 0 radical (unpaired) electrons. The maximum absolute atomic E-state index is 11.2. The van der Waals surface area contributed by atoms with Gasteiger partial charge in [-0.3, -0.25) is 9.59 Å². The van der Waals surface area contributed by atoms with Crippen molar-refractivity contribution in [2.24, 2.45) is 5.92 Å². The van der Waals surface area contributed by atoms with Crippen LogP contribution < -0.4 is 10.9 Å². The van der Waals surface area contributed by atoms with Crippen molar-refractivity contribution in [3.63, 3.8) is 0 Å². The van der Waals surface area contributed by atoms with E-state index in [4.69, 9.17) is 5.11 Å². The number of anilines is 1. The van der Waals surface area contributed by atoms with Crippen LogP contribution in [0.1, 0.15) is 25.1 Å². The molecule has 1 aliphatic carbocycles. The number of aryl methyl sites for hydroxylation is 1. The molecule has 1 fully saturated rings. The molecular formula is C11H15N3O3. The lowest BCUT2D eigenvalue weighted by Crippen LogP contribution is -2.30. The number of nitrogens with zero attached hydrogens (tertiary/aromatic N) is 1. The molecule has 1 aromatic heterocycles. The van der Waals surface area contributed by atoms with Crippen LogP contribution in [0, 0.1) is 12.8 Å². The van der Waals surface area contributed by atoms with E-state index in [-0.39, 0.29) is 11.6 Å². The van der Waals surface area contributed by atoms with Crippen LogP contribution in [0.25, 0.3) is 0 Å². The van der Waals surface area contributed by atoms with Gasteiger partial charge in [-0.05, 0) is 19.8 Å². The van der Waals surface area contributed by atoms with Crippen LogP contribution >= 0.6 is 0 Å². The molecule has 0 bridgehead atoms. The van der Waals surface area contributed by atoms with E-state index in [9.17, 15) is 9.59 Å². The lowest BCUT2D eigenvalue weighted by atomic mass is 10.0. The van der Waals surface area contributed by atoms with Gasteiger partial charge in [-0.15, -0.1) is 0 Å². The summed E-state index contributed by atoms with van der Waals surface area (Å²) in [6.07, 6.45) is 2.36. The first-order valence-electron chi connectivity index (χ1n) is 5.63. The fourth-order valence-corrected chi connectivity index (χ4v) is 2.27. The van der Waals surface area contributed by atoms with Crippen molar-refractivity contribution < 1.29 is 9.90 Å². The van der Waals surface area contributed by atoms with Gasteiger partial charge in [0.05, 0.1) is 5.92 Å². The Balaban J connectivity index is 2.15. The fraction of sp³-hybridized carbons (Fsp3) is 0.545. The zero-order valence-electron chi connectivity index (χ0n) is 9.56. The lowest BCUT2D eigenvalue weighted by Gasteiger charge is -2.17. The van der Waals surface area contributed by atoms with Gasteiger partial charge in [0.1, 0.15) is 11.6 Å². The molecule has 3 N–H and O–H groups in total. The Bertz CT molecular complexity index is 483. The molecule has 1 aliphatic rings. The summed E-state index contributed by atoms with van der Waals surface area (Å²) in [4.78, 5) is 28.9. The van der Waals surface area contributed by atoms with Gasteiger partial charge in [-0.25, -0.2) is 4.98 Å². The van der Waals surface area contributed by atoms with Crippen LogP contribution in [0.4, 0.5) is 5.82 Å². The first-order chi connectivity index (χ1) is 8.06. The number of aromatic nitrogens is 2. The van der Waals surface area contributed by atoms with Gasteiger partial charge < -0.3 is 15.4 Å². The number of H-pyrrole nitrogens is 1. The minimum Gasteiger partial charge on any atom is -0.481 e. The molecule has 1 heterocycles. The number of carboxylic acid groups (broad SMARTS) is 1. The van der Waals surface area contributed by atoms with E-state index in [1.807, 2.05) is 0 Å². The molecule has 1 aromatic rings. The second-order valence-electron chi connectivity index (χ2n) is 4.34. The summed E-state index contributed by atoms with van der Waals surface area (Å²) in [5.41, 5.74) is -0.232. The number of hydrogen-bond acceptors (Lipinski definition) is 4. The average Bonchev–Trinajstić information content (AvgIpc) is 2.63. The van der Waals surface area contributed by atoms with Gasteiger partial charge in [-0.2, -0.15) is 0 Å². The van der Waals surface area contributed by atoms with Crippen molar-refractivity contribution >= 4 is 11.8 Å². The van der Waals surface area contributed by atoms with Crippen LogP contribution in [0.2, 0.25) is 0 Å². The van der Waals surface area contributed by atoms with E-state index in [2.05, 4.69) is 15.3 Å². The number of nitrogens with one attached hydrogen (secondary N) is 2. The first-order valence-corrected chi connectivity index (χ1v) is 5.63. The summed E-state index contributed by atoms with van der Waals surface area (Å²) >= 11 is 0. The average molecular weight is 237 g/mol. The number of hydrogen-bond donors (Lipinski definition) is 3. The molecule has 1 saturated carbocycles. The van der Waals surface area contributed by atoms with Crippen LogP contribution in [0.5, 0.6) is 0 Å². The maximum Gasteiger partial charge on any atom is 0.308 e. The van der Waals surface area contributed by atoms with Crippen molar-refractivity contribution in [1.82, 2.24) is 9.97 Å². The quantitative estimate of drug-likeness (QED) is 0.720. The van der Waals surface area contributed by atoms with Gasteiger partial charge >= 0.3 is 5.97 Å². The zero-order valence-corrected chi connectivity index (χ0v) is 9.56. The summed E-state index contributed by atoms with van der Waals surface area (Å²) in [6.45, 7) is 1.69. The number of carbonyl (C=O) groups is 1. The molecule has 2 rings (SSSR count). The van der Waals surface area contributed by atoms with Gasteiger partial charge in [0.15, 0.2) is 0 Å². The van der Waals surface area contributed by atoms with E-state index in [0.29, 0.717) is 18.1 Å². The van der Waals surface area contributed by atoms with Gasteiger partial charge in [-0.1, -0.05) is 6.42 Å². The third-order valence-corrected chi connectivity index (χ3v) is 3.03. The van der Waals surface area contributed by atoms with E-state index in [1.54, 1.807) is 6.92 Å². The fourth-order valence-electron chi connectivity index (χ4n) is 2.27. The highest BCUT2D eigenvalue weighted by Gasteiger charge is 2.33. The summed E-state index contributed by atoms with van der Waals surface area (Å²) in [5.74, 6) is -0.216. The van der Waals surface area contributed by atoms with Gasteiger partial charge in [0.2, 0.25) is 0 Å². The molecule has 6 nitrogen and oxygen atoms in total. The van der Waals surface area contributed by atoms with Crippen molar-refractivity contribution in [3.8, 4) is 0 Å². The molecule has 6 heteroatoms. The maximum atomic E-state index is 11.2. The predicted octanol–water partition coefficient (Wildman–Crippen LogP) is 0.744. The zero-order chi connectivity index (χ0) is 12.4. The highest BCUT2D eigenvalue weighted by Crippen LogP contribution is 2.28. The van der Waals surface area contributed by atoms with Crippen LogP contribution in [-0.4, -0.2) is 27.1 Å². The minimum absolute atomic E-state index is 0.138. The highest BCUT2D eigenvalue weighted by molar-refractivity contribution is 5.72. The van der Waals surface area contributed by atoms with E-state index in [0.717, 1.165) is 12.8 Å². The SMILES string of the molecule is Cc1nc(NC2CCCC2C(=O)O)cc(=O)[nH]1. The Hall–Kier alpha value is -1.85. The summed E-state index contributed by atoms with van der Waals surface area (Å²) in [7, 11) is 0. The number of aromatic amines is 1.